The fraction of sp³-hybridized carbons (Fsp3) is 0.100. The monoisotopic (exact) mass is 313 g/mol. The van der Waals surface area contributed by atoms with Crippen molar-refractivity contribution in [2.45, 2.75) is 6.54 Å². The normalized spacial score (nSPS) is 10.2. The van der Waals surface area contributed by atoms with Gasteiger partial charge in [0.2, 0.25) is 5.82 Å². The van der Waals surface area contributed by atoms with Crippen molar-refractivity contribution in [3.63, 3.8) is 0 Å². The predicted molar refractivity (Wildman–Crippen MR) is 70.2 cm³/mol. The second-order valence-electron chi connectivity index (χ2n) is 3.19. The predicted octanol–water partition coefficient (Wildman–Crippen LogP) is 3.43. The maximum absolute atomic E-state index is 10.8. The van der Waals surface area contributed by atoms with Gasteiger partial charge in [-0.1, -0.05) is 0 Å². The lowest BCUT2D eigenvalue weighted by Gasteiger charge is -2.03. The molecule has 0 unspecified atom stereocenters. The number of rotatable bonds is 4. The van der Waals surface area contributed by atoms with E-state index in [1.165, 1.54) is 12.3 Å². The van der Waals surface area contributed by atoms with Crippen LogP contribution in [0.5, 0.6) is 0 Å². The van der Waals surface area contributed by atoms with Gasteiger partial charge in [0.15, 0.2) is 0 Å². The lowest BCUT2D eigenvalue weighted by atomic mass is 10.4. The Morgan fingerprint density at radius 3 is 2.94 bits per heavy atom. The van der Waals surface area contributed by atoms with Crippen molar-refractivity contribution in [2.24, 2.45) is 0 Å². The van der Waals surface area contributed by atoms with Crippen molar-refractivity contribution in [1.29, 1.82) is 0 Å². The molecule has 2 rings (SSSR count). The molecule has 2 aromatic rings. The fourth-order valence-electron chi connectivity index (χ4n) is 1.30. The summed E-state index contributed by atoms with van der Waals surface area (Å²) in [5.74, 6) is 0.294. The molecule has 7 heteroatoms. The molecular weight excluding hydrogens is 306 g/mol. The number of nitro groups is 1. The molecule has 0 aliphatic rings. The van der Waals surface area contributed by atoms with E-state index in [4.69, 9.17) is 0 Å². The van der Waals surface area contributed by atoms with Crippen LogP contribution in [0.4, 0.5) is 11.5 Å². The highest BCUT2D eigenvalue weighted by Gasteiger charge is 2.13. The number of nitrogens with zero attached hydrogens (tertiary/aromatic N) is 2. The summed E-state index contributed by atoms with van der Waals surface area (Å²) in [6.07, 6.45) is 1.53. The van der Waals surface area contributed by atoms with Crippen molar-refractivity contribution < 1.29 is 4.92 Å². The Morgan fingerprint density at radius 2 is 2.29 bits per heavy atom. The quantitative estimate of drug-likeness (QED) is 0.693. The SMILES string of the molecule is O=[N+]([O-])c1cccnc1NCc1ccc(Br)s1. The highest BCUT2D eigenvalue weighted by Crippen LogP contribution is 2.25. The molecule has 0 spiro atoms. The van der Waals surface area contributed by atoms with E-state index in [2.05, 4.69) is 26.2 Å². The first-order valence-corrected chi connectivity index (χ1v) is 6.35. The molecule has 0 fully saturated rings. The summed E-state index contributed by atoms with van der Waals surface area (Å²) < 4.78 is 1.03. The van der Waals surface area contributed by atoms with Crippen LogP contribution in [0.15, 0.2) is 34.2 Å². The third kappa shape index (κ3) is 3.01. The molecule has 5 nitrogen and oxygen atoms in total. The van der Waals surface area contributed by atoms with Crippen LogP contribution in [0.1, 0.15) is 4.88 Å². The molecule has 0 saturated carbocycles. The maximum Gasteiger partial charge on any atom is 0.311 e. The van der Waals surface area contributed by atoms with Gasteiger partial charge in [0.25, 0.3) is 0 Å². The van der Waals surface area contributed by atoms with Crippen LogP contribution in [0, 0.1) is 10.1 Å². The first kappa shape index (κ1) is 12.0. The molecule has 2 aromatic heterocycles. The van der Waals surface area contributed by atoms with Gasteiger partial charge in [0.1, 0.15) is 0 Å². The smallest absolute Gasteiger partial charge is 0.311 e. The van der Waals surface area contributed by atoms with Crippen molar-refractivity contribution in [3.05, 3.63) is 49.2 Å². The largest absolute Gasteiger partial charge is 0.359 e. The van der Waals surface area contributed by atoms with Crippen LogP contribution in [0.2, 0.25) is 0 Å². The molecule has 0 saturated heterocycles. The molecule has 0 atom stereocenters. The Morgan fingerprint density at radius 1 is 1.47 bits per heavy atom. The number of anilines is 1. The second-order valence-corrected chi connectivity index (χ2v) is 5.74. The van der Waals surface area contributed by atoms with E-state index in [-0.39, 0.29) is 5.69 Å². The second kappa shape index (κ2) is 5.24. The number of aromatic nitrogens is 1. The minimum Gasteiger partial charge on any atom is -0.359 e. The summed E-state index contributed by atoms with van der Waals surface area (Å²) in [4.78, 5) is 15.4. The summed E-state index contributed by atoms with van der Waals surface area (Å²) in [6.45, 7) is 0.522. The van der Waals surface area contributed by atoms with Gasteiger partial charge >= 0.3 is 5.69 Å². The highest BCUT2D eigenvalue weighted by atomic mass is 79.9. The molecular formula is C10H8BrN3O2S. The Labute approximate surface area is 110 Å². The molecule has 0 aliphatic heterocycles. The number of nitrogens with one attached hydrogen (secondary N) is 1. The van der Waals surface area contributed by atoms with E-state index in [9.17, 15) is 10.1 Å². The van der Waals surface area contributed by atoms with E-state index in [1.807, 2.05) is 12.1 Å². The molecule has 17 heavy (non-hydrogen) atoms. The first-order chi connectivity index (χ1) is 8.16. The summed E-state index contributed by atoms with van der Waals surface area (Å²) in [7, 11) is 0. The Hall–Kier alpha value is -1.47. The van der Waals surface area contributed by atoms with Gasteiger partial charge in [-0.15, -0.1) is 11.3 Å². The number of pyridine rings is 1. The van der Waals surface area contributed by atoms with Gasteiger partial charge < -0.3 is 5.32 Å². The van der Waals surface area contributed by atoms with Crippen molar-refractivity contribution in [2.75, 3.05) is 5.32 Å². The van der Waals surface area contributed by atoms with E-state index in [1.54, 1.807) is 17.4 Å². The van der Waals surface area contributed by atoms with Gasteiger partial charge in [0.05, 0.1) is 15.3 Å². The molecule has 1 N–H and O–H groups in total. The summed E-state index contributed by atoms with van der Waals surface area (Å²) >= 11 is 4.94. The van der Waals surface area contributed by atoms with Gasteiger partial charge in [-0.2, -0.15) is 0 Å². The van der Waals surface area contributed by atoms with Crippen LogP contribution in [-0.4, -0.2) is 9.91 Å². The minimum absolute atomic E-state index is 0.0110. The summed E-state index contributed by atoms with van der Waals surface area (Å²) in [6, 6.07) is 6.87. The van der Waals surface area contributed by atoms with Crippen LogP contribution in [0.3, 0.4) is 0 Å². The van der Waals surface area contributed by atoms with E-state index in [0.29, 0.717) is 12.4 Å². The van der Waals surface area contributed by atoms with Crippen molar-refractivity contribution >= 4 is 38.8 Å². The average molecular weight is 314 g/mol. The van der Waals surface area contributed by atoms with Gasteiger partial charge in [-0.25, -0.2) is 4.98 Å². The van der Waals surface area contributed by atoms with E-state index in [0.717, 1.165) is 8.66 Å². The van der Waals surface area contributed by atoms with Gasteiger partial charge in [0, 0.05) is 17.1 Å². The number of thiophene rings is 1. The standard InChI is InChI=1S/C10H8BrN3O2S/c11-9-4-3-7(17-9)6-13-10-8(14(15)16)2-1-5-12-10/h1-5H,6H2,(H,12,13). The van der Waals surface area contributed by atoms with Crippen molar-refractivity contribution in [3.8, 4) is 0 Å². The zero-order chi connectivity index (χ0) is 12.3. The molecule has 0 bridgehead atoms. The molecule has 0 aliphatic carbocycles. The minimum atomic E-state index is -0.445. The Balaban J connectivity index is 2.11. The Kier molecular flexibility index (Phi) is 3.70. The Bertz CT molecular complexity index is 544. The fourth-order valence-corrected chi connectivity index (χ4v) is 2.72. The van der Waals surface area contributed by atoms with Crippen LogP contribution in [-0.2, 0) is 6.54 Å². The summed E-state index contributed by atoms with van der Waals surface area (Å²) in [5, 5.41) is 13.7. The molecule has 0 aromatic carbocycles. The van der Waals surface area contributed by atoms with E-state index >= 15 is 0 Å². The third-order valence-electron chi connectivity index (χ3n) is 2.04. The van der Waals surface area contributed by atoms with Crippen LogP contribution in [0.25, 0.3) is 0 Å². The maximum atomic E-state index is 10.8. The van der Waals surface area contributed by atoms with Crippen LogP contribution < -0.4 is 5.32 Å². The topological polar surface area (TPSA) is 68.1 Å². The third-order valence-corrected chi connectivity index (χ3v) is 3.67. The molecule has 88 valence electrons. The van der Waals surface area contributed by atoms with Crippen molar-refractivity contribution in [1.82, 2.24) is 4.98 Å². The van der Waals surface area contributed by atoms with Gasteiger partial charge in [-0.05, 0) is 34.1 Å². The zero-order valence-corrected chi connectivity index (χ0v) is 11.0. The lowest BCUT2D eigenvalue weighted by molar-refractivity contribution is -0.384. The zero-order valence-electron chi connectivity index (χ0n) is 8.59. The van der Waals surface area contributed by atoms with E-state index < -0.39 is 4.92 Å². The summed E-state index contributed by atoms with van der Waals surface area (Å²) in [5.41, 5.74) is -0.0110. The number of hydrogen-bond acceptors (Lipinski definition) is 5. The van der Waals surface area contributed by atoms with Gasteiger partial charge in [-0.3, -0.25) is 10.1 Å². The molecule has 2 heterocycles. The molecule has 0 radical (unpaired) electrons. The highest BCUT2D eigenvalue weighted by molar-refractivity contribution is 9.11. The number of halogens is 1. The molecule has 0 amide bonds. The lowest BCUT2D eigenvalue weighted by Crippen LogP contribution is -2.03. The number of hydrogen-bond donors (Lipinski definition) is 1. The average Bonchev–Trinajstić information content (AvgIpc) is 2.73. The first-order valence-electron chi connectivity index (χ1n) is 4.74. The van der Waals surface area contributed by atoms with Crippen LogP contribution >= 0.6 is 27.3 Å².